The molecule has 0 bridgehead atoms. The van der Waals surface area contributed by atoms with E-state index in [0.29, 0.717) is 12.0 Å². The summed E-state index contributed by atoms with van der Waals surface area (Å²) >= 11 is 7.58. The fourth-order valence-corrected chi connectivity index (χ4v) is 2.27. The lowest BCUT2D eigenvalue weighted by atomic mass is 10.0. The third kappa shape index (κ3) is 4.30. The summed E-state index contributed by atoms with van der Waals surface area (Å²) in [4.78, 5) is 12.9. The molecule has 0 heterocycles. The summed E-state index contributed by atoms with van der Waals surface area (Å²) in [5, 5.41) is 11.9. The van der Waals surface area contributed by atoms with Gasteiger partial charge in [-0.2, -0.15) is 0 Å². The minimum Gasteiger partial charge on any atom is -0.396 e. The number of nitrogens with one attached hydrogen (secondary N) is 1. The summed E-state index contributed by atoms with van der Waals surface area (Å²) in [6, 6.07) is 5.31. The van der Waals surface area contributed by atoms with Gasteiger partial charge < -0.3 is 10.4 Å². The number of amides is 1. The van der Waals surface area contributed by atoms with E-state index in [9.17, 15) is 4.79 Å². The molecular formula is C13H18BrNO2S. The molecule has 1 aromatic rings. The minimum absolute atomic E-state index is 0.0297. The van der Waals surface area contributed by atoms with Gasteiger partial charge in [-0.15, -0.1) is 12.6 Å². The third-order valence-electron chi connectivity index (χ3n) is 2.76. The molecule has 0 spiro atoms. The highest BCUT2D eigenvalue weighted by atomic mass is 79.9. The normalized spacial score (nSPS) is 12.6. The minimum atomic E-state index is -0.148. The smallest absolute Gasteiger partial charge is 0.252 e. The molecule has 3 nitrogen and oxygen atoms in total. The second-order valence-corrected chi connectivity index (χ2v) is 5.87. The van der Waals surface area contributed by atoms with Crippen LogP contribution < -0.4 is 5.32 Å². The Morgan fingerprint density at radius 1 is 1.50 bits per heavy atom. The maximum Gasteiger partial charge on any atom is 0.252 e. The van der Waals surface area contributed by atoms with Crippen LogP contribution in [-0.4, -0.2) is 23.7 Å². The van der Waals surface area contributed by atoms with Gasteiger partial charge in [0.05, 0.1) is 5.56 Å². The summed E-state index contributed by atoms with van der Waals surface area (Å²) in [6.07, 6.45) is 0.557. The van der Waals surface area contributed by atoms with Crippen molar-refractivity contribution in [2.45, 2.75) is 31.2 Å². The number of hydrogen-bond donors (Lipinski definition) is 3. The SMILES string of the molecule is CC(C)C(CCO)NC(=O)c1cc(S)ccc1Br. The van der Waals surface area contributed by atoms with E-state index < -0.39 is 0 Å². The molecule has 5 heteroatoms. The predicted octanol–water partition coefficient (Wildman–Crippen LogP) is 2.87. The quantitative estimate of drug-likeness (QED) is 0.726. The van der Waals surface area contributed by atoms with Crippen molar-refractivity contribution in [3.63, 3.8) is 0 Å². The molecule has 0 fully saturated rings. The van der Waals surface area contributed by atoms with E-state index in [0.717, 1.165) is 9.37 Å². The summed E-state index contributed by atoms with van der Waals surface area (Å²) in [5.74, 6) is 0.129. The molecule has 0 radical (unpaired) electrons. The third-order valence-corrected chi connectivity index (χ3v) is 3.73. The van der Waals surface area contributed by atoms with Gasteiger partial charge in [0.1, 0.15) is 0 Å². The fraction of sp³-hybridized carbons (Fsp3) is 0.462. The molecule has 18 heavy (non-hydrogen) atoms. The topological polar surface area (TPSA) is 49.3 Å². The first kappa shape index (κ1) is 15.5. The molecule has 0 aromatic heterocycles. The maximum atomic E-state index is 12.2. The van der Waals surface area contributed by atoms with Crippen LogP contribution in [0.25, 0.3) is 0 Å². The van der Waals surface area contributed by atoms with Crippen molar-refractivity contribution in [3.05, 3.63) is 28.2 Å². The van der Waals surface area contributed by atoms with Crippen LogP contribution in [0.4, 0.5) is 0 Å². The lowest BCUT2D eigenvalue weighted by Crippen LogP contribution is -2.39. The van der Waals surface area contributed by atoms with E-state index >= 15 is 0 Å². The van der Waals surface area contributed by atoms with E-state index in [1.54, 1.807) is 12.1 Å². The van der Waals surface area contributed by atoms with E-state index in [1.807, 2.05) is 19.9 Å². The van der Waals surface area contributed by atoms with Crippen LogP contribution in [0.5, 0.6) is 0 Å². The Bertz CT molecular complexity index is 423. The Labute approximate surface area is 122 Å². The largest absolute Gasteiger partial charge is 0.396 e. The summed E-state index contributed by atoms with van der Waals surface area (Å²) in [6.45, 7) is 4.10. The first-order chi connectivity index (χ1) is 8.45. The fourth-order valence-electron chi connectivity index (χ4n) is 1.64. The van der Waals surface area contributed by atoms with Crippen LogP contribution in [0.15, 0.2) is 27.6 Å². The molecule has 0 saturated heterocycles. The van der Waals surface area contributed by atoms with Crippen LogP contribution in [0.1, 0.15) is 30.6 Å². The van der Waals surface area contributed by atoms with Gasteiger partial charge in [-0.05, 0) is 46.5 Å². The van der Waals surface area contributed by atoms with Gasteiger partial charge in [0, 0.05) is 22.0 Å². The summed E-state index contributed by atoms with van der Waals surface area (Å²) in [5.41, 5.74) is 0.561. The second kappa shape index (κ2) is 7.16. The number of aliphatic hydroxyl groups excluding tert-OH is 1. The molecule has 1 atom stereocenters. The number of carbonyl (C=O) groups is 1. The molecular weight excluding hydrogens is 314 g/mol. The number of thiol groups is 1. The van der Waals surface area contributed by atoms with Crippen LogP contribution in [0, 0.1) is 5.92 Å². The van der Waals surface area contributed by atoms with Gasteiger partial charge in [0.2, 0.25) is 0 Å². The number of benzene rings is 1. The monoisotopic (exact) mass is 331 g/mol. The molecule has 1 unspecified atom stereocenters. The van der Waals surface area contributed by atoms with Gasteiger partial charge in [0.25, 0.3) is 5.91 Å². The van der Waals surface area contributed by atoms with Gasteiger partial charge in [-0.3, -0.25) is 4.79 Å². The zero-order chi connectivity index (χ0) is 13.7. The Morgan fingerprint density at radius 3 is 2.72 bits per heavy atom. The van der Waals surface area contributed by atoms with E-state index in [4.69, 9.17) is 5.11 Å². The Morgan fingerprint density at radius 2 is 2.17 bits per heavy atom. The molecule has 0 aliphatic rings. The van der Waals surface area contributed by atoms with Crippen LogP contribution in [-0.2, 0) is 0 Å². The summed E-state index contributed by atoms with van der Waals surface area (Å²) < 4.78 is 0.740. The van der Waals surface area contributed by atoms with Crippen molar-refractivity contribution in [1.82, 2.24) is 5.32 Å². The standard InChI is InChI=1S/C13H18BrNO2S/c1-8(2)12(5-6-16)15-13(17)10-7-9(18)3-4-11(10)14/h3-4,7-8,12,16,18H,5-6H2,1-2H3,(H,15,17). The zero-order valence-corrected chi connectivity index (χ0v) is 13.0. The average molecular weight is 332 g/mol. The molecule has 0 aliphatic heterocycles. The molecule has 100 valence electrons. The first-order valence-electron chi connectivity index (χ1n) is 5.86. The lowest BCUT2D eigenvalue weighted by molar-refractivity contribution is 0.0915. The Kier molecular flexibility index (Phi) is 6.18. The predicted molar refractivity (Wildman–Crippen MR) is 79.2 cm³/mol. The van der Waals surface area contributed by atoms with Crippen molar-refractivity contribution >= 4 is 34.5 Å². The number of carbonyl (C=O) groups excluding carboxylic acids is 1. The van der Waals surface area contributed by atoms with E-state index in [-0.39, 0.29) is 24.5 Å². The number of hydrogen-bond acceptors (Lipinski definition) is 3. The van der Waals surface area contributed by atoms with Gasteiger partial charge in [0.15, 0.2) is 0 Å². The molecule has 1 aromatic carbocycles. The second-order valence-electron chi connectivity index (χ2n) is 4.50. The zero-order valence-electron chi connectivity index (χ0n) is 10.5. The molecule has 0 saturated carbocycles. The van der Waals surface area contributed by atoms with Crippen molar-refractivity contribution in [1.29, 1.82) is 0 Å². The van der Waals surface area contributed by atoms with Crippen molar-refractivity contribution in [2.75, 3.05) is 6.61 Å². The van der Waals surface area contributed by atoms with Crippen molar-refractivity contribution in [3.8, 4) is 0 Å². The van der Waals surface area contributed by atoms with Crippen molar-refractivity contribution in [2.24, 2.45) is 5.92 Å². The maximum absolute atomic E-state index is 12.2. The molecule has 1 amide bonds. The highest BCUT2D eigenvalue weighted by molar-refractivity contribution is 9.10. The average Bonchev–Trinajstić information content (AvgIpc) is 2.31. The molecule has 0 aliphatic carbocycles. The molecule has 1 rings (SSSR count). The molecule has 2 N–H and O–H groups in total. The van der Waals surface area contributed by atoms with Gasteiger partial charge in [-0.1, -0.05) is 13.8 Å². The van der Waals surface area contributed by atoms with Crippen LogP contribution in [0.2, 0.25) is 0 Å². The highest BCUT2D eigenvalue weighted by Crippen LogP contribution is 2.20. The number of halogens is 1. The Hall–Kier alpha value is -0.520. The first-order valence-corrected chi connectivity index (χ1v) is 7.10. The van der Waals surface area contributed by atoms with E-state index in [2.05, 4.69) is 33.9 Å². The highest BCUT2D eigenvalue weighted by Gasteiger charge is 2.18. The van der Waals surface area contributed by atoms with Gasteiger partial charge in [-0.25, -0.2) is 0 Å². The van der Waals surface area contributed by atoms with Crippen molar-refractivity contribution < 1.29 is 9.90 Å². The number of aliphatic hydroxyl groups is 1. The Balaban J connectivity index is 2.83. The van der Waals surface area contributed by atoms with Crippen LogP contribution in [0.3, 0.4) is 0 Å². The number of rotatable bonds is 5. The van der Waals surface area contributed by atoms with Gasteiger partial charge >= 0.3 is 0 Å². The van der Waals surface area contributed by atoms with Crippen LogP contribution >= 0.6 is 28.6 Å². The van der Waals surface area contributed by atoms with E-state index in [1.165, 1.54) is 0 Å². The lowest BCUT2D eigenvalue weighted by Gasteiger charge is -2.21. The summed E-state index contributed by atoms with van der Waals surface area (Å²) in [7, 11) is 0.